The van der Waals surface area contributed by atoms with Crippen molar-refractivity contribution in [2.75, 3.05) is 26.8 Å². The van der Waals surface area contributed by atoms with E-state index in [-0.39, 0.29) is 87.4 Å². The molecule has 0 saturated heterocycles. The molecule has 53 heavy (non-hydrogen) atoms. The van der Waals surface area contributed by atoms with E-state index in [1.165, 1.54) is 60.7 Å². The molecule has 0 bridgehead atoms. The van der Waals surface area contributed by atoms with Crippen LogP contribution in [0.5, 0.6) is 0 Å². The van der Waals surface area contributed by atoms with Crippen LogP contribution in [-0.4, -0.2) is 53.2 Å². The SMILES string of the molecule is Nc1cccc(N2N=C(C(=O)[O-])C(N=Nc3ccc(C(=O)Nc4cccc(N=NC5C(=O)N(c6cccc(N)c6)N=C5C(=O)[O-])c4)cc3)C2=O)c1.[Na+].[Na+]. The van der Waals surface area contributed by atoms with Crippen LogP contribution in [0.15, 0.2) is 128 Å². The van der Waals surface area contributed by atoms with Gasteiger partial charge in [0.2, 0.25) is 0 Å². The Hall–Kier alpha value is -5.63. The fourth-order valence-electron chi connectivity index (χ4n) is 4.86. The van der Waals surface area contributed by atoms with Crippen LogP contribution >= 0.6 is 0 Å². The summed E-state index contributed by atoms with van der Waals surface area (Å²) < 4.78 is 0. The molecule has 4 aromatic carbocycles. The van der Waals surface area contributed by atoms with Gasteiger partial charge in [0, 0.05) is 22.6 Å². The van der Waals surface area contributed by atoms with E-state index < -0.39 is 53.2 Å². The molecule has 20 heteroatoms. The second kappa shape index (κ2) is 17.3. The van der Waals surface area contributed by atoms with Gasteiger partial charge in [-0.3, -0.25) is 14.4 Å². The quantitative estimate of drug-likeness (QED) is 0.0802. The fraction of sp³-hybridized carbons (Fsp3) is 0.0606. The standard InChI is InChI=1S/C33H25N11O7.2Na/c34-18-4-1-8-23(14-18)43-30(46)25(27(41-43)32(48)49)39-37-20-12-10-17(11-13-20)29(45)36-21-6-3-7-22(16-21)38-40-26-28(33(50)51)42-44(31(26)47)24-9-2-5-19(35)15-24;;/h1-16,25-26H,34-35H2,(H,36,45)(H,48,49)(H,50,51);;/q;2*+1/p-2. The number of hydrogen-bond donors (Lipinski definition) is 3. The Labute approximate surface area is 343 Å². The number of nitrogens with zero attached hydrogens (tertiary/aromatic N) is 8. The number of nitrogens with one attached hydrogen (secondary N) is 1. The molecule has 0 radical (unpaired) electrons. The molecule has 0 fully saturated rings. The van der Waals surface area contributed by atoms with E-state index in [1.54, 1.807) is 36.4 Å². The van der Waals surface area contributed by atoms with Crippen LogP contribution in [0.3, 0.4) is 0 Å². The summed E-state index contributed by atoms with van der Waals surface area (Å²) in [5.74, 6) is -5.48. The molecule has 2 aliphatic rings. The topological polar surface area (TPSA) is 276 Å². The third-order valence-corrected chi connectivity index (χ3v) is 7.28. The van der Waals surface area contributed by atoms with Crippen molar-refractivity contribution in [3.05, 3.63) is 103 Å². The number of amides is 3. The van der Waals surface area contributed by atoms with Crippen molar-refractivity contribution >= 4 is 80.9 Å². The first-order valence-electron chi connectivity index (χ1n) is 14.8. The number of hydrazone groups is 2. The Kier molecular flexibility index (Phi) is 13.1. The average molecular weight is 732 g/mol. The number of carbonyl (C=O) groups is 5. The molecule has 5 N–H and O–H groups in total. The van der Waals surface area contributed by atoms with Crippen LogP contribution in [0.1, 0.15) is 10.4 Å². The van der Waals surface area contributed by atoms with Crippen LogP contribution in [0.4, 0.5) is 39.8 Å². The molecule has 18 nitrogen and oxygen atoms in total. The Morgan fingerprint density at radius 1 is 0.642 bits per heavy atom. The maximum Gasteiger partial charge on any atom is 1.00 e. The zero-order chi connectivity index (χ0) is 36.2. The van der Waals surface area contributed by atoms with Crippen molar-refractivity contribution < 1.29 is 93.3 Å². The summed E-state index contributed by atoms with van der Waals surface area (Å²) in [6, 6.07) is 20.9. The Morgan fingerprint density at radius 2 is 1.11 bits per heavy atom. The van der Waals surface area contributed by atoms with E-state index in [9.17, 15) is 34.2 Å². The third-order valence-electron chi connectivity index (χ3n) is 7.28. The van der Waals surface area contributed by atoms with Crippen LogP contribution in [0, 0.1) is 0 Å². The molecule has 2 unspecified atom stereocenters. The molecular formula is C33H23N11Na2O7. The second-order valence-electron chi connectivity index (χ2n) is 10.8. The van der Waals surface area contributed by atoms with Gasteiger partial charge in [0.25, 0.3) is 17.7 Å². The number of carboxylic acid groups (broad SMARTS) is 2. The van der Waals surface area contributed by atoms with Gasteiger partial charge in [0.15, 0.2) is 12.1 Å². The predicted molar refractivity (Wildman–Crippen MR) is 179 cm³/mol. The van der Waals surface area contributed by atoms with Crippen LogP contribution < -0.4 is 96.1 Å². The summed E-state index contributed by atoms with van der Waals surface area (Å²) in [4.78, 5) is 62.3. The summed E-state index contributed by atoms with van der Waals surface area (Å²) in [5, 5.41) is 51.2. The Balaban J connectivity index is 0.00000314. The minimum atomic E-state index is -1.70. The number of nitrogen functional groups attached to an aromatic ring is 2. The molecule has 0 saturated carbocycles. The van der Waals surface area contributed by atoms with Gasteiger partial charge < -0.3 is 36.6 Å². The number of benzene rings is 4. The zero-order valence-corrected chi connectivity index (χ0v) is 32.0. The van der Waals surface area contributed by atoms with E-state index in [4.69, 9.17) is 11.5 Å². The number of carbonyl (C=O) groups excluding carboxylic acids is 5. The van der Waals surface area contributed by atoms with Gasteiger partial charge in [-0.1, -0.05) is 18.2 Å². The minimum absolute atomic E-state index is 0. The number of azo groups is 2. The smallest absolute Gasteiger partial charge is 0.543 e. The molecule has 0 aromatic heterocycles. The van der Waals surface area contributed by atoms with Gasteiger partial charge in [0.05, 0.1) is 34.7 Å². The van der Waals surface area contributed by atoms with Gasteiger partial charge >= 0.3 is 59.1 Å². The van der Waals surface area contributed by atoms with Gasteiger partial charge in [-0.15, -0.1) is 0 Å². The first-order chi connectivity index (χ1) is 24.5. The predicted octanol–water partition coefficient (Wildman–Crippen LogP) is -4.68. The number of hydrogen-bond acceptors (Lipinski definition) is 15. The number of nitrogens with two attached hydrogens (primary N) is 2. The van der Waals surface area contributed by atoms with Crippen LogP contribution in [-0.2, 0) is 19.2 Å². The van der Waals surface area contributed by atoms with Gasteiger partial charge in [-0.05, 0) is 78.9 Å². The Bertz CT molecular complexity index is 2230. The number of rotatable bonds is 10. The summed E-state index contributed by atoms with van der Waals surface area (Å²) in [5.41, 5.74) is 12.3. The van der Waals surface area contributed by atoms with Crippen molar-refractivity contribution in [2.45, 2.75) is 12.1 Å². The van der Waals surface area contributed by atoms with E-state index >= 15 is 0 Å². The molecule has 2 aliphatic heterocycles. The van der Waals surface area contributed by atoms with Crippen molar-refractivity contribution in [1.29, 1.82) is 0 Å². The maximum absolute atomic E-state index is 13.0. The molecule has 2 heterocycles. The molecule has 0 spiro atoms. The normalized spacial score (nSPS) is 16.6. The first-order valence-corrected chi connectivity index (χ1v) is 14.8. The van der Waals surface area contributed by atoms with Gasteiger partial charge in [-0.2, -0.15) is 40.7 Å². The van der Waals surface area contributed by atoms with Crippen molar-refractivity contribution in [3.8, 4) is 0 Å². The maximum atomic E-state index is 13.0. The zero-order valence-electron chi connectivity index (χ0n) is 28.0. The van der Waals surface area contributed by atoms with E-state index in [0.29, 0.717) is 17.1 Å². The minimum Gasteiger partial charge on any atom is -0.543 e. The average Bonchev–Trinajstić information content (AvgIpc) is 3.62. The Morgan fingerprint density at radius 3 is 1.58 bits per heavy atom. The summed E-state index contributed by atoms with van der Waals surface area (Å²) in [6.07, 6.45) is 0. The summed E-state index contributed by atoms with van der Waals surface area (Å²) in [7, 11) is 0. The van der Waals surface area contributed by atoms with Crippen LogP contribution in [0.2, 0.25) is 0 Å². The second-order valence-corrected chi connectivity index (χ2v) is 10.8. The molecule has 0 aliphatic carbocycles. The van der Waals surface area contributed by atoms with Gasteiger partial charge in [0.1, 0.15) is 11.4 Å². The van der Waals surface area contributed by atoms with Gasteiger partial charge in [-0.25, -0.2) is 0 Å². The molecule has 254 valence electrons. The van der Waals surface area contributed by atoms with Crippen molar-refractivity contribution in [2.24, 2.45) is 30.7 Å². The van der Waals surface area contributed by atoms with E-state index in [0.717, 1.165) is 10.0 Å². The number of aliphatic carboxylic acids is 2. The first kappa shape index (κ1) is 40.1. The largest absolute Gasteiger partial charge is 1.00 e. The van der Waals surface area contributed by atoms with Crippen molar-refractivity contribution in [3.63, 3.8) is 0 Å². The number of carboxylic acids is 2. The van der Waals surface area contributed by atoms with Crippen LogP contribution in [0.25, 0.3) is 0 Å². The van der Waals surface area contributed by atoms with E-state index in [1.807, 2.05) is 0 Å². The molecule has 6 rings (SSSR count). The summed E-state index contributed by atoms with van der Waals surface area (Å²) in [6.45, 7) is 0. The monoisotopic (exact) mass is 731 g/mol. The fourth-order valence-corrected chi connectivity index (χ4v) is 4.86. The third kappa shape index (κ3) is 9.06. The number of anilines is 5. The molecule has 2 atom stereocenters. The van der Waals surface area contributed by atoms with Crippen molar-refractivity contribution in [1.82, 2.24) is 0 Å². The molecule has 4 aromatic rings. The molecule has 3 amide bonds. The summed E-state index contributed by atoms with van der Waals surface area (Å²) >= 11 is 0. The molecular weight excluding hydrogens is 708 g/mol. The van der Waals surface area contributed by atoms with E-state index in [2.05, 4.69) is 36.0 Å².